The van der Waals surface area contributed by atoms with Gasteiger partial charge in [-0.3, -0.25) is 0 Å². The first kappa shape index (κ1) is 13.4. The molecule has 14 heavy (non-hydrogen) atoms. The second kappa shape index (κ2) is 12.4. The SMILES string of the molecule is CCCCC/C=C/CCCCCC=O. The third-order valence-electron chi connectivity index (χ3n) is 2.33. The predicted octanol–water partition coefficient (Wildman–Crippen LogP) is 4.27. The summed E-state index contributed by atoms with van der Waals surface area (Å²) in [6.07, 6.45) is 16.2. The van der Waals surface area contributed by atoms with Crippen molar-refractivity contribution >= 4 is 6.29 Å². The van der Waals surface area contributed by atoms with E-state index in [1.54, 1.807) is 0 Å². The Hall–Kier alpha value is -0.590. The molecular weight excluding hydrogens is 172 g/mol. The molecule has 0 fully saturated rings. The standard InChI is InChI=1S/C13H24O/c1-2-3-4-5-6-7-8-9-10-11-12-13-14/h6-7,13H,2-5,8-12H2,1H3/b7-6+. The molecule has 0 saturated carbocycles. The maximum absolute atomic E-state index is 10.0. The molecule has 0 aromatic carbocycles. The molecule has 0 saturated heterocycles. The van der Waals surface area contributed by atoms with E-state index >= 15 is 0 Å². The van der Waals surface area contributed by atoms with Crippen molar-refractivity contribution in [3.05, 3.63) is 12.2 Å². The van der Waals surface area contributed by atoms with Crippen LogP contribution in [0.5, 0.6) is 0 Å². The number of carbonyl (C=O) groups excluding carboxylic acids is 1. The molecule has 0 amide bonds. The summed E-state index contributed by atoms with van der Waals surface area (Å²) in [7, 11) is 0. The van der Waals surface area contributed by atoms with Crippen molar-refractivity contribution in [2.45, 2.75) is 64.7 Å². The molecule has 0 unspecified atom stereocenters. The monoisotopic (exact) mass is 196 g/mol. The van der Waals surface area contributed by atoms with Crippen molar-refractivity contribution < 1.29 is 4.79 Å². The average molecular weight is 196 g/mol. The minimum Gasteiger partial charge on any atom is -0.303 e. The highest BCUT2D eigenvalue weighted by atomic mass is 16.1. The fraction of sp³-hybridized carbons (Fsp3) is 0.769. The molecule has 0 bridgehead atoms. The molecule has 1 heteroatoms. The van der Waals surface area contributed by atoms with E-state index in [0.717, 1.165) is 19.1 Å². The number of unbranched alkanes of at least 4 members (excludes halogenated alkanes) is 7. The Balaban J connectivity index is 2.99. The van der Waals surface area contributed by atoms with Gasteiger partial charge in [-0.1, -0.05) is 38.3 Å². The number of hydrogen-bond acceptors (Lipinski definition) is 1. The summed E-state index contributed by atoms with van der Waals surface area (Å²) < 4.78 is 0. The lowest BCUT2D eigenvalue weighted by Gasteiger charge is -1.94. The van der Waals surface area contributed by atoms with E-state index < -0.39 is 0 Å². The third kappa shape index (κ3) is 11.4. The van der Waals surface area contributed by atoms with Crippen molar-refractivity contribution in [2.75, 3.05) is 0 Å². The van der Waals surface area contributed by atoms with E-state index in [0.29, 0.717) is 0 Å². The smallest absolute Gasteiger partial charge is 0.119 e. The molecule has 0 aliphatic rings. The molecule has 0 spiro atoms. The van der Waals surface area contributed by atoms with Gasteiger partial charge in [0, 0.05) is 6.42 Å². The fourth-order valence-corrected chi connectivity index (χ4v) is 1.41. The maximum Gasteiger partial charge on any atom is 0.119 e. The third-order valence-corrected chi connectivity index (χ3v) is 2.33. The van der Waals surface area contributed by atoms with Crippen molar-refractivity contribution in [1.82, 2.24) is 0 Å². The molecule has 0 heterocycles. The van der Waals surface area contributed by atoms with Crippen LogP contribution in [0.4, 0.5) is 0 Å². The zero-order valence-corrected chi connectivity index (χ0v) is 9.50. The fourth-order valence-electron chi connectivity index (χ4n) is 1.41. The van der Waals surface area contributed by atoms with Crippen molar-refractivity contribution in [3.63, 3.8) is 0 Å². The van der Waals surface area contributed by atoms with Gasteiger partial charge in [-0.15, -0.1) is 0 Å². The zero-order chi connectivity index (χ0) is 10.5. The van der Waals surface area contributed by atoms with Crippen LogP contribution in [0.1, 0.15) is 64.7 Å². The molecule has 0 aromatic heterocycles. The van der Waals surface area contributed by atoms with Crippen LogP contribution in [0.25, 0.3) is 0 Å². The van der Waals surface area contributed by atoms with Gasteiger partial charge in [-0.25, -0.2) is 0 Å². The summed E-state index contributed by atoms with van der Waals surface area (Å²) in [5.74, 6) is 0. The molecule has 0 aliphatic carbocycles. The quantitative estimate of drug-likeness (QED) is 0.290. The Kier molecular flexibility index (Phi) is 11.9. The highest BCUT2D eigenvalue weighted by molar-refractivity contribution is 5.48. The van der Waals surface area contributed by atoms with Crippen LogP contribution in [0.2, 0.25) is 0 Å². The lowest BCUT2D eigenvalue weighted by molar-refractivity contribution is -0.107. The van der Waals surface area contributed by atoms with Crippen LogP contribution in [-0.4, -0.2) is 6.29 Å². The number of rotatable bonds is 10. The molecular formula is C13H24O. The van der Waals surface area contributed by atoms with E-state index in [1.807, 2.05) is 0 Å². The molecule has 0 atom stereocenters. The number of allylic oxidation sites excluding steroid dienone is 2. The van der Waals surface area contributed by atoms with Crippen molar-refractivity contribution in [1.29, 1.82) is 0 Å². The summed E-state index contributed by atoms with van der Waals surface area (Å²) in [4.78, 5) is 10.0. The largest absolute Gasteiger partial charge is 0.303 e. The second-order valence-electron chi connectivity index (χ2n) is 3.77. The van der Waals surface area contributed by atoms with Gasteiger partial charge in [0.05, 0.1) is 0 Å². The van der Waals surface area contributed by atoms with Gasteiger partial charge >= 0.3 is 0 Å². The Morgan fingerprint density at radius 3 is 1.93 bits per heavy atom. The lowest BCUT2D eigenvalue weighted by Crippen LogP contribution is -1.78. The zero-order valence-electron chi connectivity index (χ0n) is 9.50. The van der Waals surface area contributed by atoms with Gasteiger partial charge in [0.1, 0.15) is 6.29 Å². The molecule has 0 N–H and O–H groups in total. The summed E-state index contributed by atoms with van der Waals surface area (Å²) in [5.41, 5.74) is 0. The predicted molar refractivity (Wildman–Crippen MR) is 62.4 cm³/mol. The van der Waals surface area contributed by atoms with Crippen LogP contribution < -0.4 is 0 Å². The first-order valence-electron chi connectivity index (χ1n) is 6.00. The summed E-state index contributed by atoms with van der Waals surface area (Å²) in [6, 6.07) is 0. The first-order valence-corrected chi connectivity index (χ1v) is 6.00. The first-order chi connectivity index (χ1) is 6.91. The lowest BCUT2D eigenvalue weighted by atomic mass is 10.1. The summed E-state index contributed by atoms with van der Waals surface area (Å²) in [5, 5.41) is 0. The Morgan fingerprint density at radius 2 is 1.36 bits per heavy atom. The van der Waals surface area contributed by atoms with Gasteiger partial charge < -0.3 is 4.79 Å². The molecule has 82 valence electrons. The second-order valence-corrected chi connectivity index (χ2v) is 3.77. The number of aldehydes is 1. The van der Waals surface area contributed by atoms with Gasteiger partial charge in [-0.2, -0.15) is 0 Å². The normalized spacial score (nSPS) is 10.9. The van der Waals surface area contributed by atoms with Crippen LogP contribution >= 0.6 is 0 Å². The van der Waals surface area contributed by atoms with Gasteiger partial charge in [0.2, 0.25) is 0 Å². The molecule has 0 aromatic rings. The molecule has 0 radical (unpaired) electrons. The minimum atomic E-state index is 0.736. The summed E-state index contributed by atoms with van der Waals surface area (Å²) in [6.45, 7) is 2.23. The Bertz CT molecular complexity index is 138. The topological polar surface area (TPSA) is 17.1 Å². The van der Waals surface area contributed by atoms with Gasteiger partial charge in [-0.05, 0) is 32.1 Å². The van der Waals surface area contributed by atoms with E-state index in [2.05, 4.69) is 19.1 Å². The van der Waals surface area contributed by atoms with Crippen LogP contribution in [0.15, 0.2) is 12.2 Å². The maximum atomic E-state index is 10.0. The molecule has 0 aliphatic heterocycles. The number of hydrogen-bond donors (Lipinski definition) is 0. The van der Waals surface area contributed by atoms with E-state index in [-0.39, 0.29) is 0 Å². The highest BCUT2D eigenvalue weighted by Gasteiger charge is 1.86. The number of carbonyl (C=O) groups is 1. The van der Waals surface area contributed by atoms with Crippen molar-refractivity contribution in [2.24, 2.45) is 0 Å². The van der Waals surface area contributed by atoms with E-state index in [9.17, 15) is 4.79 Å². The van der Waals surface area contributed by atoms with Crippen LogP contribution in [0, 0.1) is 0 Å². The average Bonchev–Trinajstić information content (AvgIpc) is 2.21. The Morgan fingerprint density at radius 1 is 0.786 bits per heavy atom. The van der Waals surface area contributed by atoms with Crippen LogP contribution in [0.3, 0.4) is 0 Å². The van der Waals surface area contributed by atoms with Crippen LogP contribution in [-0.2, 0) is 4.79 Å². The van der Waals surface area contributed by atoms with E-state index in [1.165, 1.54) is 44.9 Å². The van der Waals surface area contributed by atoms with Gasteiger partial charge in [0.15, 0.2) is 0 Å². The highest BCUT2D eigenvalue weighted by Crippen LogP contribution is 2.04. The minimum absolute atomic E-state index is 0.736. The van der Waals surface area contributed by atoms with E-state index in [4.69, 9.17) is 0 Å². The van der Waals surface area contributed by atoms with Crippen molar-refractivity contribution in [3.8, 4) is 0 Å². The Labute approximate surface area is 88.6 Å². The molecule has 1 nitrogen and oxygen atoms in total. The molecule has 0 rings (SSSR count). The summed E-state index contributed by atoms with van der Waals surface area (Å²) >= 11 is 0. The van der Waals surface area contributed by atoms with Gasteiger partial charge in [0.25, 0.3) is 0 Å².